The van der Waals surface area contributed by atoms with Gasteiger partial charge in [0.25, 0.3) is 0 Å². The lowest BCUT2D eigenvalue weighted by Crippen LogP contribution is -2.18. The topological polar surface area (TPSA) is 56.8 Å². The number of anilines is 2. The maximum atomic E-state index is 4.44. The Labute approximate surface area is 104 Å². The maximum absolute atomic E-state index is 4.44. The second-order valence-corrected chi connectivity index (χ2v) is 5.14. The summed E-state index contributed by atoms with van der Waals surface area (Å²) in [7, 11) is 0. The predicted molar refractivity (Wildman–Crippen MR) is 69.5 cm³/mol. The molecule has 6 heteroatoms. The van der Waals surface area contributed by atoms with Gasteiger partial charge in [-0.15, -0.1) is 16.4 Å². The third-order valence-corrected chi connectivity index (χ3v) is 3.75. The lowest BCUT2D eigenvalue weighted by Gasteiger charge is -2.10. The van der Waals surface area contributed by atoms with Crippen LogP contribution in [0.3, 0.4) is 0 Å². The molecular formula is C11H15N5S. The highest BCUT2D eigenvalue weighted by Crippen LogP contribution is 2.17. The summed E-state index contributed by atoms with van der Waals surface area (Å²) in [5.74, 6) is 1.57. The van der Waals surface area contributed by atoms with Crippen LogP contribution in [0.4, 0.5) is 11.9 Å². The number of hydrogen-bond acceptors (Lipinski definition) is 5. The summed E-state index contributed by atoms with van der Waals surface area (Å²) in [4.78, 5) is 7.96. The molecule has 17 heavy (non-hydrogen) atoms. The SMILES string of the molecule is c1csc(CNc2nc(N3CCCC3)n[nH]2)c1. The van der Waals surface area contributed by atoms with Crippen molar-refractivity contribution < 1.29 is 0 Å². The summed E-state index contributed by atoms with van der Waals surface area (Å²) in [6.07, 6.45) is 2.49. The first-order chi connectivity index (χ1) is 8.42. The molecule has 2 aromatic rings. The molecule has 3 heterocycles. The van der Waals surface area contributed by atoms with Gasteiger partial charge >= 0.3 is 0 Å². The van der Waals surface area contributed by atoms with E-state index in [0.717, 1.165) is 31.5 Å². The molecule has 1 saturated heterocycles. The van der Waals surface area contributed by atoms with E-state index < -0.39 is 0 Å². The summed E-state index contributed by atoms with van der Waals surface area (Å²) in [5, 5.41) is 12.5. The number of nitrogens with zero attached hydrogens (tertiary/aromatic N) is 3. The normalized spacial score (nSPS) is 15.4. The zero-order chi connectivity index (χ0) is 11.5. The van der Waals surface area contributed by atoms with Gasteiger partial charge in [0.1, 0.15) is 0 Å². The highest BCUT2D eigenvalue weighted by molar-refractivity contribution is 7.09. The molecule has 0 saturated carbocycles. The molecule has 0 amide bonds. The minimum Gasteiger partial charge on any atom is -0.350 e. The van der Waals surface area contributed by atoms with Gasteiger partial charge < -0.3 is 10.2 Å². The number of rotatable bonds is 4. The zero-order valence-corrected chi connectivity index (χ0v) is 10.3. The van der Waals surface area contributed by atoms with Gasteiger partial charge in [0, 0.05) is 18.0 Å². The molecular weight excluding hydrogens is 234 g/mol. The van der Waals surface area contributed by atoms with Crippen LogP contribution in [-0.2, 0) is 6.54 Å². The van der Waals surface area contributed by atoms with Gasteiger partial charge in [0.2, 0.25) is 11.9 Å². The van der Waals surface area contributed by atoms with Crippen molar-refractivity contribution >= 4 is 23.2 Å². The second-order valence-electron chi connectivity index (χ2n) is 4.11. The Balaban J connectivity index is 1.60. The fraction of sp³-hybridized carbons (Fsp3) is 0.455. The first-order valence-corrected chi connectivity index (χ1v) is 6.73. The Bertz CT molecular complexity index is 458. The number of H-pyrrole nitrogens is 1. The van der Waals surface area contributed by atoms with Crippen molar-refractivity contribution in [2.24, 2.45) is 0 Å². The van der Waals surface area contributed by atoms with Crippen molar-refractivity contribution in [2.75, 3.05) is 23.3 Å². The van der Waals surface area contributed by atoms with Crippen molar-refractivity contribution in [1.82, 2.24) is 15.2 Å². The Morgan fingerprint density at radius 3 is 3.06 bits per heavy atom. The van der Waals surface area contributed by atoms with E-state index in [4.69, 9.17) is 0 Å². The van der Waals surface area contributed by atoms with Gasteiger partial charge in [-0.3, -0.25) is 0 Å². The fourth-order valence-electron chi connectivity index (χ4n) is 1.97. The number of thiophene rings is 1. The monoisotopic (exact) mass is 249 g/mol. The van der Waals surface area contributed by atoms with Crippen LogP contribution in [0.15, 0.2) is 17.5 Å². The van der Waals surface area contributed by atoms with E-state index in [-0.39, 0.29) is 0 Å². The molecule has 5 nitrogen and oxygen atoms in total. The summed E-state index contributed by atoms with van der Waals surface area (Å²) in [6.45, 7) is 2.94. The molecule has 0 bridgehead atoms. The zero-order valence-electron chi connectivity index (χ0n) is 9.52. The molecule has 1 aliphatic heterocycles. The molecule has 1 fully saturated rings. The van der Waals surface area contributed by atoms with E-state index in [1.165, 1.54) is 17.7 Å². The summed E-state index contributed by atoms with van der Waals surface area (Å²) in [6, 6.07) is 4.16. The quantitative estimate of drug-likeness (QED) is 0.871. The van der Waals surface area contributed by atoms with Crippen LogP contribution < -0.4 is 10.2 Å². The highest BCUT2D eigenvalue weighted by Gasteiger charge is 2.16. The maximum Gasteiger partial charge on any atom is 0.246 e. The van der Waals surface area contributed by atoms with E-state index in [1.54, 1.807) is 11.3 Å². The Kier molecular flexibility index (Phi) is 2.96. The van der Waals surface area contributed by atoms with E-state index >= 15 is 0 Å². The largest absolute Gasteiger partial charge is 0.350 e. The Morgan fingerprint density at radius 1 is 1.41 bits per heavy atom. The summed E-state index contributed by atoms with van der Waals surface area (Å²) >= 11 is 1.74. The molecule has 2 N–H and O–H groups in total. The summed E-state index contributed by atoms with van der Waals surface area (Å²) in [5.41, 5.74) is 0. The minimum absolute atomic E-state index is 0.750. The second kappa shape index (κ2) is 4.75. The number of nitrogens with one attached hydrogen (secondary N) is 2. The van der Waals surface area contributed by atoms with Crippen LogP contribution in [0.5, 0.6) is 0 Å². The van der Waals surface area contributed by atoms with Gasteiger partial charge in [0.05, 0.1) is 6.54 Å². The standard InChI is InChI=1S/C11H15N5S/c1-2-6-16(5-1)11-13-10(14-15-11)12-8-9-4-3-7-17-9/h3-4,7H,1-2,5-6,8H2,(H2,12,13,14,15). The van der Waals surface area contributed by atoms with Crippen molar-refractivity contribution in [3.05, 3.63) is 22.4 Å². The predicted octanol–water partition coefficient (Wildman–Crippen LogP) is 2.08. The minimum atomic E-state index is 0.750. The van der Waals surface area contributed by atoms with Gasteiger partial charge in [0.15, 0.2) is 0 Å². The molecule has 0 radical (unpaired) electrons. The third kappa shape index (κ3) is 2.41. The van der Waals surface area contributed by atoms with E-state index in [1.807, 2.05) is 0 Å². The molecule has 0 unspecified atom stereocenters. The molecule has 0 spiro atoms. The van der Waals surface area contributed by atoms with Crippen molar-refractivity contribution in [3.8, 4) is 0 Å². The number of aromatic nitrogens is 3. The molecule has 3 rings (SSSR count). The molecule has 0 aromatic carbocycles. The lowest BCUT2D eigenvalue weighted by atomic mass is 10.4. The van der Waals surface area contributed by atoms with Gasteiger partial charge in [-0.25, -0.2) is 5.10 Å². The van der Waals surface area contributed by atoms with E-state index in [2.05, 4.69) is 42.9 Å². The molecule has 1 aliphatic rings. The van der Waals surface area contributed by atoms with Gasteiger partial charge in [-0.2, -0.15) is 4.98 Å². The Morgan fingerprint density at radius 2 is 2.29 bits per heavy atom. The van der Waals surface area contributed by atoms with Crippen LogP contribution in [-0.4, -0.2) is 28.3 Å². The van der Waals surface area contributed by atoms with Crippen LogP contribution in [0, 0.1) is 0 Å². The number of aromatic amines is 1. The van der Waals surface area contributed by atoms with Crippen molar-refractivity contribution in [2.45, 2.75) is 19.4 Å². The van der Waals surface area contributed by atoms with Gasteiger partial charge in [-0.1, -0.05) is 6.07 Å². The van der Waals surface area contributed by atoms with Crippen LogP contribution in [0.2, 0.25) is 0 Å². The molecule has 0 aliphatic carbocycles. The first kappa shape index (κ1) is 10.6. The molecule has 0 atom stereocenters. The smallest absolute Gasteiger partial charge is 0.246 e. The Hall–Kier alpha value is -1.56. The molecule has 2 aromatic heterocycles. The van der Waals surface area contributed by atoms with Gasteiger partial charge in [-0.05, 0) is 24.3 Å². The lowest BCUT2D eigenvalue weighted by molar-refractivity contribution is 0.903. The van der Waals surface area contributed by atoms with E-state index in [0.29, 0.717) is 0 Å². The molecule has 90 valence electrons. The van der Waals surface area contributed by atoms with Crippen molar-refractivity contribution in [1.29, 1.82) is 0 Å². The van der Waals surface area contributed by atoms with Crippen LogP contribution >= 0.6 is 11.3 Å². The van der Waals surface area contributed by atoms with Crippen molar-refractivity contribution in [3.63, 3.8) is 0 Å². The van der Waals surface area contributed by atoms with Crippen LogP contribution in [0.1, 0.15) is 17.7 Å². The van der Waals surface area contributed by atoms with E-state index in [9.17, 15) is 0 Å². The average Bonchev–Trinajstić information content (AvgIpc) is 3.09. The third-order valence-electron chi connectivity index (χ3n) is 2.87. The highest BCUT2D eigenvalue weighted by atomic mass is 32.1. The fourth-order valence-corrected chi connectivity index (χ4v) is 2.62. The van der Waals surface area contributed by atoms with Crippen LogP contribution in [0.25, 0.3) is 0 Å². The first-order valence-electron chi connectivity index (χ1n) is 5.85. The number of hydrogen-bond donors (Lipinski definition) is 2. The summed E-state index contributed by atoms with van der Waals surface area (Å²) < 4.78 is 0. The average molecular weight is 249 g/mol.